The van der Waals surface area contributed by atoms with E-state index in [1.165, 1.54) is 0 Å². The van der Waals surface area contributed by atoms with Gasteiger partial charge in [0.1, 0.15) is 5.82 Å². The van der Waals surface area contributed by atoms with Crippen LogP contribution in [0.3, 0.4) is 0 Å². The molecule has 1 aromatic carbocycles. The highest BCUT2D eigenvalue weighted by Crippen LogP contribution is 2.26. The van der Waals surface area contributed by atoms with E-state index >= 15 is 0 Å². The summed E-state index contributed by atoms with van der Waals surface area (Å²) in [6.07, 6.45) is 1.71. The molecule has 3 aromatic heterocycles. The van der Waals surface area contributed by atoms with E-state index in [0.29, 0.717) is 23.7 Å². The number of carbonyl (C=O) groups excluding carboxylic acids is 1. The number of carbonyl (C=O) groups is 1. The van der Waals surface area contributed by atoms with Crippen molar-refractivity contribution in [3.63, 3.8) is 0 Å². The predicted molar refractivity (Wildman–Crippen MR) is 125 cm³/mol. The molecule has 3 heterocycles. The average Bonchev–Trinajstić information content (AvgIpc) is 3.32. The van der Waals surface area contributed by atoms with Gasteiger partial charge in [-0.15, -0.1) is 0 Å². The molecular formula is C25H28N6O. The second kappa shape index (κ2) is 8.42. The molecule has 0 unspecified atom stereocenters. The van der Waals surface area contributed by atoms with E-state index in [1.54, 1.807) is 10.9 Å². The summed E-state index contributed by atoms with van der Waals surface area (Å²) < 4.78 is 3.64. The summed E-state index contributed by atoms with van der Waals surface area (Å²) in [6.45, 7) is 11.0. The van der Waals surface area contributed by atoms with E-state index in [2.05, 4.69) is 42.2 Å². The van der Waals surface area contributed by atoms with E-state index < -0.39 is 0 Å². The van der Waals surface area contributed by atoms with Crippen molar-refractivity contribution >= 4 is 11.7 Å². The van der Waals surface area contributed by atoms with Gasteiger partial charge in [0.2, 0.25) is 0 Å². The van der Waals surface area contributed by atoms with Gasteiger partial charge in [-0.1, -0.05) is 39.0 Å². The molecule has 0 fully saturated rings. The van der Waals surface area contributed by atoms with Crippen LogP contribution < -0.4 is 5.32 Å². The van der Waals surface area contributed by atoms with Crippen LogP contribution in [0, 0.1) is 13.8 Å². The minimum Gasteiger partial charge on any atom is -0.306 e. The first-order valence-electron chi connectivity index (χ1n) is 10.6. The Labute approximate surface area is 188 Å². The van der Waals surface area contributed by atoms with Crippen LogP contribution in [-0.4, -0.2) is 30.5 Å². The van der Waals surface area contributed by atoms with Crippen LogP contribution in [0.15, 0.2) is 60.8 Å². The molecule has 0 radical (unpaired) electrons. The maximum absolute atomic E-state index is 13.0. The molecule has 4 aromatic rings. The number of hydrogen-bond donors (Lipinski definition) is 1. The van der Waals surface area contributed by atoms with Gasteiger partial charge in [-0.05, 0) is 49.7 Å². The summed E-state index contributed by atoms with van der Waals surface area (Å²) in [5, 5.41) is 12.2. The summed E-state index contributed by atoms with van der Waals surface area (Å²) in [7, 11) is 0. The van der Waals surface area contributed by atoms with Crippen molar-refractivity contribution in [2.24, 2.45) is 0 Å². The smallest absolute Gasteiger partial charge is 0.256 e. The highest BCUT2D eigenvalue weighted by atomic mass is 16.1. The first-order chi connectivity index (χ1) is 15.2. The highest BCUT2D eigenvalue weighted by molar-refractivity contribution is 6.04. The lowest BCUT2D eigenvalue weighted by Gasteiger charge is -2.13. The summed E-state index contributed by atoms with van der Waals surface area (Å²) in [5.41, 5.74) is 4.48. The van der Waals surface area contributed by atoms with Gasteiger partial charge in [0.05, 0.1) is 17.9 Å². The van der Waals surface area contributed by atoms with Gasteiger partial charge in [0.25, 0.3) is 5.91 Å². The third-order valence-corrected chi connectivity index (χ3v) is 5.24. The second-order valence-corrected chi connectivity index (χ2v) is 9.00. The lowest BCUT2D eigenvalue weighted by Crippen LogP contribution is -2.16. The number of rotatable bonds is 5. The molecular weight excluding hydrogens is 400 g/mol. The molecule has 164 valence electrons. The van der Waals surface area contributed by atoms with Crippen molar-refractivity contribution in [1.82, 2.24) is 24.5 Å². The Balaban J connectivity index is 1.56. The van der Waals surface area contributed by atoms with Crippen LogP contribution in [0.25, 0.3) is 5.82 Å². The minimum absolute atomic E-state index is 0.163. The number of pyridine rings is 1. The Bertz CT molecular complexity index is 1230. The molecule has 0 spiro atoms. The molecule has 0 aliphatic heterocycles. The Morgan fingerprint density at radius 3 is 2.34 bits per heavy atom. The van der Waals surface area contributed by atoms with Gasteiger partial charge in [0, 0.05) is 28.9 Å². The lowest BCUT2D eigenvalue weighted by atomic mass is 9.92. The van der Waals surface area contributed by atoms with Gasteiger partial charge in [-0.2, -0.15) is 14.9 Å². The number of aromatic nitrogens is 5. The Morgan fingerprint density at radius 1 is 1.00 bits per heavy atom. The van der Waals surface area contributed by atoms with Gasteiger partial charge in [-0.25, -0.2) is 4.98 Å². The largest absolute Gasteiger partial charge is 0.306 e. The van der Waals surface area contributed by atoms with Gasteiger partial charge in [0.15, 0.2) is 5.82 Å². The van der Waals surface area contributed by atoms with Crippen molar-refractivity contribution in [2.45, 2.75) is 46.6 Å². The van der Waals surface area contributed by atoms with Crippen LogP contribution in [-0.2, 0) is 12.0 Å². The Morgan fingerprint density at radius 2 is 1.75 bits per heavy atom. The molecule has 0 aliphatic rings. The zero-order valence-corrected chi connectivity index (χ0v) is 19.1. The standard InChI is InChI=1S/C25H28N6O/c1-17-14-18(2)30(28-17)16-19-9-11-20(12-10-19)24(32)27-23-15-21(25(3,4)5)29-31(23)22-8-6-7-13-26-22/h6-15H,16H2,1-5H3,(H,27,32). The molecule has 0 saturated carbocycles. The van der Waals surface area contributed by atoms with Crippen LogP contribution >= 0.6 is 0 Å². The van der Waals surface area contributed by atoms with Gasteiger partial charge in [-0.3, -0.25) is 9.48 Å². The average molecular weight is 429 g/mol. The molecule has 7 nitrogen and oxygen atoms in total. The number of nitrogens with one attached hydrogen (secondary N) is 1. The second-order valence-electron chi connectivity index (χ2n) is 9.00. The molecule has 1 N–H and O–H groups in total. The Hall–Kier alpha value is -3.74. The van der Waals surface area contributed by atoms with E-state index in [1.807, 2.05) is 67.1 Å². The molecule has 7 heteroatoms. The molecule has 1 amide bonds. The van der Waals surface area contributed by atoms with Crippen LogP contribution in [0.5, 0.6) is 0 Å². The molecule has 0 bridgehead atoms. The molecule has 32 heavy (non-hydrogen) atoms. The number of nitrogens with zero attached hydrogens (tertiary/aromatic N) is 5. The zero-order chi connectivity index (χ0) is 22.9. The fourth-order valence-electron chi connectivity index (χ4n) is 3.45. The number of amides is 1. The lowest BCUT2D eigenvalue weighted by molar-refractivity contribution is 0.102. The third-order valence-electron chi connectivity index (χ3n) is 5.24. The number of aryl methyl sites for hydroxylation is 2. The third kappa shape index (κ3) is 4.61. The Kier molecular flexibility index (Phi) is 5.65. The fraction of sp³-hybridized carbons (Fsp3) is 0.280. The normalized spacial score (nSPS) is 11.5. The first-order valence-corrected chi connectivity index (χ1v) is 10.6. The van der Waals surface area contributed by atoms with Gasteiger partial charge >= 0.3 is 0 Å². The van der Waals surface area contributed by atoms with E-state index in [-0.39, 0.29) is 11.3 Å². The van der Waals surface area contributed by atoms with Crippen LogP contribution in [0.4, 0.5) is 5.82 Å². The first kappa shape index (κ1) is 21.5. The topological polar surface area (TPSA) is 77.6 Å². The SMILES string of the molecule is Cc1cc(C)n(Cc2ccc(C(=O)Nc3cc(C(C)(C)C)nn3-c3ccccn3)cc2)n1. The maximum atomic E-state index is 13.0. The minimum atomic E-state index is -0.194. The van der Waals surface area contributed by atoms with E-state index in [4.69, 9.17) is 5.10 Å². The van der Waals surface area contributed by atoms with Crippen molar-refractivity contribution in [2.75, 3.05) is 5.32 Å². The van der Waals surface area contributed by atoms with Crippen molar-refractivity contribution in [3.8, 4) is 5.82 Å². The zero-order valence-electron chi connectivity index (χ0n) is 19.1. The van der Waals surface area contributed by atoms with Crippen molar-refractivity contribution < 1.29 is 4.79 Å². The highest BCUT2D eigenvalue weighted by Gasteiger charge is 2.22. The van der Waals surface area contributed by atoms with Crippen LogP contribution in [0.1, 0.15) is 53.8 Å². The van der Waals surface area contributed by atoms with E-state index in [0.717, 1.165) is 22.6 Å². The summed E-state index contributed by atoms with van der Waals surface area (Å²) >= 11 is 0. The summed E-state index contributed by atoms with van der Waals surface area (Å²) in [5.74, 6) is 1.05. The predicted octanol–water partition coefficient (Wildman–Crippen LogP) is 4.68. The molecule has 4 rings (SSSR count). The monoisotopic (exact) mass is 428 g/mol. The summed E-state index contributed by atoms with van der Waals surface area (Å²) in [6, 6.07) is 17.2. The molecule has 0 saturated heterocycles. The van der Waals surface area contributed by atoms with Crippen molar-refractivity contribution in [1.29, 1.82) is 0 Å². The van der Waals surface area contributed by atoms with Crippen molar-refractivity contribution in [3.05, 3.63) is 89.0 Å². The summed E-state index contributed by atoms with van der Waals surface area (Å²) in [4.78, 5) is 17.4. The number of anilines is 1. The number of benzene rings is 1. The molecule has 0 atom stereocenters. The molecule has 0 aliphatic carbocycles. The maximum Gasteiger partial charge on any atom is 0.256 e. The quantitative estimate of drug-likeness (QED) is 0.501. The van der Waals surface area contributed by atoms with E-state index in [9.17, 15) is 4.79 Å². The fourth-order valence-corrected chi connectivity index (χ4v) is 3.45. The van der Waals surface area contributed by atoms with Crippen LogP contribution in [0.2, 0.25) is 0 Å². The van der Waals surface area contributed by atoms with Gasteiger partial charge < -0.3 is 5.32 Å². The number of hydrogen-bond acceptors (Lipinski definition) is 4.